The Morgan fingerprint density at radius 1 is 1.50 bits per heavy atom. The molecule has 0 bridgehead atoms. The second kappa shape index (κ2) is 3.99. The Labute approximate surface area is 80.8 Å². The molecule has 78 valence electrons. The summed E-state index contributed by atoms with van der Waals surface area (Å²) < 4.78 is 0.937. The number of nitrogen functional groups attached to an aromatic ring is 1. The van der Waals surface area contributed by atoms with E-state index in [9.17, 15) is 9.59 Å². The number of nitrogens with one attached hydrogen (secondary N) is 2. The molecule has 0 aliphatic rings. The van der Waals surface area contributed by atoms with E-state index in [0.29, 0.717) is 12.4 Å². The molecule has 0 saturated heterocycles. The second-order valence-electron chi connectivity index (χ2n) is 3.01. The molecule has 1 aromatic heterocycles. The van der Waals surface area contributed by atoms with Gasteiger partial charge in [-0.05, 0) is 6.42 Å². The van der Waals surface area contributed by atoms with Crippen LogP contribution in [0.4, 0.5) is 11.5 Å². The standard InChI is InChI=1S/C8H14N4O2/c1-3-4-10-6-5(9)7(13)12(2)8(14)11-6/h10H,3-4,9H2,1-2H3,(H,11,14). The van der Waals surface area contributed by atoms with Crippen molar-refractivity contribution in [2.75, 3.05) is 17.6 Å². The lowest BCUT2D eigenvalue weighted by atomic mass is 10.4. The summed E-state index contributed by atoms with van der Waals surface area (Å²) in [5.41, 5.74) is 4.62. The summed E-state index contributed by atoms with van der Waals surface area (Å²) in [7, 11) is 1.38. The molecular formula is C8H14N4O2. The number of hydrogen-bond donors (Lipinski definition) is 3. The van der Waals surface area contributed by atoms with Gasteiger partial charge in [0.1, 0.15) is 11.5 Å². The summed E-state index contributed by atoms with van der Waals surface area (Å²) in [5, 5.41) is 2.88. The van der Waals surface area contributed by atoms with Crippen molar-refractivity contribution in [2.24, 2.45) is 7.05 Å². The number of nitrogens with zero attached hydrogens (tertiary/aromatic N) is 1. The molecule has 14 heavy (non-hydrogen) atoms. The lowest BCUT2D eigenvalue weighted by molar-refractivity contribution is 0.779. The predicted octanol–water partition coefficient (Wildman–Crippen LogP) is -0.522. The van der Waals surface area contributed by atoms with Crippen LogP contribution in [0.3, 0.4) is 0 Å². The first-order valence-corrected chi connectivity index (χ1v) is 4.40. The Bertz CT molecular complexity index is 432. The van der Waals surface area contributed by atoms with Crippen molar-refractivity contribution in [3.8, 4) is 0 Å². The van der Waals surface area contributed by atoms with Gasteiger partial charge in [0.25, 0.3) is 5.56 Å². The Balaban J connectivity index is 3.20. The fraction of sp³-hybridized carbons (Fsp3) is 0.500. The van der Waals surface area contributed by atoms with Gasteiger partial charge >= 0.3 is 5.69 Å². The molecule has 0 aromatic carbocycles. The first kappa shape index (κ1) is 10.4. The van der Waals surface area contributed by atoms with E-state index in [2.05, 4.69) is 10.3 Å². The van der Waals surface area contributed by atoms with E-state index in [1.54, 1.807) is 0 Å². The van der Waals surface area contributed by atoms with Gasteiger partial charge in [-0.1, -0.05) is 6.92 Å². The zero-order valence-corrected chi connectivity index (χ0v) is 8.26. The van der Waals surface area contributed by atoms with Crippen molar-refractivity contribution < 1.29 is 0 Å². The number of hydrogen-bond acceptors (Lipinski definition) is 4. The maximum absolute atomic E-state index is 11.4. The summed E-state index contributed by atoms with van der Waals surface area (Å²) in [6.07, 6.45) is 0.886. The van der Waals surface area contributed by atoms with Crippen LogP contribution in [0.1, 0.15) is 13.3 Å². The Hall–Kier alpha value is -1.72. The Morgan fingerprint density at radius 3 is 2.71 bits per heavy atom. The van der Waals surface area contributed by atoms with Crippen LogP contribution in [0.5, 0.6) is 0 Å². The molecule has 0 unspecified atom stereocenters. The second-order valence-corrected chi connectivity index (χ2v) is 3.01. The summed E-state index contributed by atoms with van der Waals surface area (Å²) >= 11 is 0. The lowest BCUT2D eigenvalue weighted by Gasteiger charge is -2.07. The predicted molar refractivity (Wildman–Crippen MR) is 55.5 cm³/mol. The van der Waals surface area contributed by atoms with Gasteiger partial charge in [0.2, 0.25) is 0 Å². The van der Waals surface area contributed by atoms with Crippen LogP contribution in [0.2, 0.25) is 0 Å². The Kier molecular flexibility index (Phi) is 2.95. The van der Waals surface area contributed by atoms with Crippen LogP contribution >= 0.6 is 0 Å². The molecule has 0 atom stereocenters. The molecule has 0 radical (unpaired) electrons. The van der Waals surface area contributed by atoms with E-state index in [4.69, 9.17) is 5.73 Å². The Morgan fingerprint density at radius 2 is 2.14 bits per heavy atom. The molecule has 0 fully saturated rings. The summed E-state index contributed by atoms with van der Waals surface area (Å²) in [6, 6.07) is 0. The molecule has 0 spiro atoms. The largest absolute Gasteiger partial charge is 0.391 e. The monoisotopic (exact) mass is 198 g/mol. The fourth-order valence-corrected chi connectivity index (χ4v) is 1.03. The smallest absolute Gasteiger partial charge is 0.329 e. The van der Waals surface area contributed by atoms with Crippen LogP contribution < -0.4 is 22.3 Å². The summed E-state index contributed by atoms with van der Waals surface area (Å²) in [5.74, 6) is 0.306. The number of rotatable bonds is 3. The van der Waals surface area contributed by atoms with E-state index in [1.165, 1.54) is 7.05 Å². The van der Waals surface area contributed by atoms with Crippen LogP contribution in [0.15, 0.2) is 9.59 Å². The summed E-state index contributed by atoms with van der Waals surface area (Å²) in [4.78, 5) is 25.0. The first-order chi connectivity index (χ1) is 6.57. The molecule has 0 aliphatic carbocycles. The third-order valence-corrected chi connectivity index (χ3v) is 1.89. The van der Waals surface area contributed by atoms with Gasteiger partial charge in [-0.25, -0.2) is 4.79 Å². The minimum absolute atomic E-state index is 0.0422. The average Bonchev–Trinajstić information content (AvgIpc) is 2.18. The van der Waals surface area contributed by atoms with Gasteiger partial charge in [-0.15, -0.1) is 0 Å². The van der Waals surface area contributed by atoms with E-state index >= 15 is 0 Å². The highest BCUT2D eigenvalue weighted by atomic mass is 16.2. The molecule has 0 amide bonds. The molecule has 1 rings (SSSR count). The number of anilines is 2. The van der Waals surface area contributed by atoms with Crippen molar-refractivity contribution in [2.45, 2.75) is 13.3 Å². The topological polar surface area (TPSA) is 92.9 Å². The SMILES string of the molecule is CCCNc1[nH]c(=O)n(C)c(=O)c1N. The minimum Gasteiger partial charge on any atom is -0.391 e. The number of nitrogens with two attached hydrogens (primary N) is 1. The zero-order chi connectivity index (χ0) is 10.7. The van der Waals surface area contributed by atoms with Gasteiger partial charge in [-0.2, -0.15) is 0 Å². The normalized spacial score (nSPS) is 10.1. The van der Waals surface area contributed by atoms with Crippen LogP contribution in [0, 0.1) is 0 Å². The third-order valence-electron chi connectivity index (χ3n) is 1.89. The number of H-pyrrole nitrogens is 1. The molecule has 6 heteroatoms. The maximum atomic E-state index is 11.4. The van der Waals surface area contributed by atoms with Gasteiger partial charge in [0.15, 0.2) is 0 Å². The van der Waals surface area contributed by atoms with Gasteiger partial charge in [0.05, 0.1) is 0 Å². The molecule has 0 saturated carbocycles. The third kappa shape index (κ3) is 1.78. The van der Waals surface area contributed by atoms with Gasteiger partial charge in [-0.3, -0.25) is 14.3 Å². The molecule has 1 aromatic rings. The van der Waals surface area contributed by atoms with Crippen molar-refractivity contribution in [3.63, 3.8) is 0 Å². The van der Waals surface area contributed by atoms with Crippen LogP contribution in [0.25, 0.3) is 0 Å². The van der Waals surface area contributed by atoms with E-state index in [-0.39, 0.29) is 5.69 Å². The van der Waals surface area contributed by atoms with Gasteiger partial charge < -0.3 is 11.1 Å². The van der Waals surface area contributed by atoms with Crippen LogP contribution in [-0.4, -0.2) is 16.1 Å². The maximum Gasteiger partial charge on any atom is 0.329 e. The molecular weight excluding hydrogens is 184 g/mol. The zero-order valence-electron chi connectivity index (χ0n) is 8.26. The number of aromatic amines is 1. The van der Waals surface area contributed by atoms with Crippen molar-refractivity contribution >= 4 is 11.5 Å². The molecule has 0 aliphatic heterocycles. The highest BCUT2D eigenvalue weighted by Crippen LogP contribution is 2.05. The van der Waals surface area contributed by atoms with E-state index < -0.39 is 11.2 Å². The average molecular weight is 198 g/mol. The lowest BCUT2D eigenvalue weighted by Crippen LogP contribution is -2.35. The van der Waals surface area contributed by atoms with Crippen LogP contribution in [-0.2, 0) is 7.05 Å². The van der Waals surface area contributed by atoms with E-state index in [1.807, 2.05) is 6.92 Å². The number of aromatic nitrogens is 2. The highest BCUT2D eigenvalue weighted by Gasteiger charge is 2.07. The fourth-order valence-electron chi connectivity index (χ4n) is 1.03. The quantitative estimate of drug-likeness (QED) is 0.609. The highest BCUT2D eigenvalue weighted by molar-refractivity contribution is 5.58. The molecule has 1 heterocycles. The van der Waals surface area contributed by atoms with Crippen molar-refractivity contribution in [1.29, 1.82) is 0 Å². The van der Waals surface area contributed by atoms with E-state index in [0.717, 1.165) is 11.0 Å². The summed E-state index contributed by atoms with van der Waals surface area (Å²) in [6.45, 7) is 2.63. The van der Waals surface area contributed by atoms with Gasteiger partial charge in [0, 0.05) is 13.6 Å². The first-order valence-electron chi connectivity index (χ1n) is 4.40. The molecule has 6 nitrogen and oxygen atoms in total. The minimum atomic E-state index is -0.479. The molecule has 4 N–H and O–H groups in total. The van der Waals surface area contributed by atoms with Crippen molar-refractivity contribution in [1.82, 2.24) is 9.55 Å². The van der Waals surface area contributed by atoms with Crippen molar-refractivity contribution in [3.05, 3.63) is 20.8 Å².